The molecule has 0 radical (unpaired) electrons. The number of benzene rings is 2. The van der Waals surface area contributed by atoms with Crippen molar-refractivity contribution in [2.24, 2.45) is 4.99 Å². The van der Waals surface area contributed by atoms with Crippen LogP contribution in [0.15, 0.2) is 59.6 Å². The van der Waals surface area contributed by atoms with Crippen molar-refractivity contribution >= 4 is 5.96 Å². The molecule has 2 rings (SSSR count). The molecule has 5 heteroatoms. The van der Waals surface area contributed by atoms with Crippen molar-refractivity contribution < 1.29 is 9.84 Å². The fourth-order valence-corrected chi connectivity index (χ4v) is 2.66. The number of aryl methyl sites for hydroxylation is 1. The molecule has 2 aromatic carbocycles. The van der Waals surface area contributed by atoms with Crippen molar-refractivity contribution in [1.82, 2.24) is 10.6 Å². The van der Waals surface area contributed by atoms with Gasteiger partial charge in [0.15, 0.2) is 5.96 Å². The van der Waals surface area contributed by atoms with Crippen LogP contribution in [0.3, 0.4) is 0 Å². The molecule has 0 aliphatic rings. The molecule has 26 heavy (non-hydrogen) atoms. The van der Waals surface area contributed by atoms with Gasteiger partial charge in [-0.2, -0.15) is 0 Å². The molecular formula is C21H29N3O2. The number of aliphatic hydroxyl groups is 1. The van der Waals surface area contributed by atoms with Crippen LogP contribution in [0.5, 0.6) is 5.75 Å². The second-order valence-corrected chi connectivity index (χ2v) is 6.37. The third kappa shape index (κ3) is 6.41. The van der Waals surface area contributed by atoms with E-state index in [9.17, 15) is 5.11 Å². The van der Waals surface area contributed by atoms with E-state index in [0.717, 1.165) is 11.3 Å². The molecule has 5 nitrogen and oxygen atoms in total. The predicted molar refractivity (Wildman–Crippen MR) is 107 cm³/mol. The smallest absolute Gasteiger partial charge is 0.191 e. The molecule has 0 saturated heterocycles. The molecule has 0 aromatic heterocycles. The lowest BCUT2D eigenvalue weighted by Crippen LogP contribution is -2.43. The fraction of sp³-hybridized carbons (Fsp3) is 0.381. The van der Waals surface area contributed by atoms with Crippen molar-refractivity contribution in [2.45, 2.75) is 25.9 Å². The zero-order valence-corrected chi connectivity index (χ0v) is 15.8. The largest absolute Gasteiger partial charge is 0.489 e. The topological polar surface area (TPSA) is 65.9 Å². The number of aliphatic imine (C=N–C) groups is 1. The van der Waals surface area contributed by atoms with Crippen LogP contribution >= 0.6 is 0 Å². The number of nitrogens with zero attached hydrogens (tertiary/aromatic N) is 1. The summed E-state index contributed by atoms with van der Waals surface area (Å²) in [5, 5.41) is 16.2. The molecule has 0 aliphatic carbocycles. The average molecular weight is 355 g/mol. The Hall–Kier alpha value is -2.53. The number of nitrogens with one attached hydrogen (secondary N) is 2. The quantitative estimate of drug-likeness (QED) is 0.503. The molecule has 0 fully saturated rings. The molecule has 0 spiro atoms. The Kier molecular flexibility index (Phi) is 7.96. The van der Waals surface area contributed by atoms with Gasteiger partial charge in [0.1, 0.15) is 11.9 Å². The van der Waals surface area contributed by atoms with Gasteiger partial charge in [-0.25, -0.2) is 0 Å². The first-order valence-corrected chi connectivity index (χ1v) is 8.96. The average Bonchev–Trinajstić information content (AvgIpc) is 2.65. The Balaban J connectivity index is 1.80. The highest BCUT2D eigenvalue weighted by molar-refractivity contribution is 5.79. The van der Waals surface area contributed by atoms with Crippen LogP contribution in [0.4, 0.5) is 0 Å². The van der Waals surface area contributed by atoms with E-state index in [2.05, 4.69) is 15.6 Å². The van der Waals surface area contributed by atoms with Crippen LogP contribution in [0.1, 0.15) is 24.0 Å². The summed E-state index contributed by atoms with van der Waals surface area (Å²) < 4.78 is 5.92. The molecule has 0 amide bonds. The fourth-order valence-electron chi connectivity index (χ4n) is 2.66. The van der Waals surface area contributed by atoms with Crippen LogP contribution in [-0.2, 0) is 0 Å². The zero-order valence-electron chi connectivity index (χ0n) is 15.8. The maximum absolute atomic E-state index is 9.65. The Bertz CT molecular complexity index is 689. The van der Waals surface area contributed by atoms with Gasteiger partial charge in [0.25, 0.3) is 0 Å². The van der Waals surface area contributed by atoms with Crippen molar-refractivity contribution in [2.75, 3.05) is 26.7 Å². The summed E-state index contributed by atoms with van der Waals surface area (Å²) in [6, 6.07) is 18.0. The maximum atomic E-state index is 9.65. The van der Waals surface area contributed by atoms with E-state index >= 15 is 0 Å². The summed E-state index contributed by atoms with van der Waals surface area (Å²) in [5.74, 6) is 1.58. The monoisotopic (exact) mass is 355 g/mol. The summed E-state index contributed by atoms with van der Waals surface area (Å²) in [5.41, 5.74) is 2.28. The highest BCUT2D eigenvalue weighted by Crippen LogP contribution is 2.14. The van der Waals surface area contributed by atoms with Crippen LogP contribution in [-0.4, -0.2) is 43.9 Å². The van der Waals surface area contributed by atoms with Gasteiger partial charge in [0, 0.05) is 19.5 Å². The first-order chi connectivity index (χ1) is 12.6. The van der Waals surface area contributed by atoms with Crippen molar-refractivity contribution in [1.29, 1.82) is 0 Å². The van der Waals surface area contributed by atoms with Gasteiger partial charge in [-0.3, -0.25) is 4.99 Å². The summed E-state index contributed by atoms with van der Waals surface area (Å²) in [6.45, 7) is 5.38. The summed E-state index contributed by atoms with van der Waals surface area (Å²) >= 11 is 0. The number of hydrogen-bond donors (Lipinski definition) is 3. The lowest BCUT2D eigenvalue weighted by molar-refractivity contribution is 0.223. The van der Waals surface area contributed by atoms with Gasteiger partial charge in [-0.1, -0.05) is 42.5 Å². The highest BCUT2D eigenvalue weighted by Gasteiger charge is 2.11. The Morgan fingerprint density at radius 3 is 2.46 bits per heavy atom. The molecule has 3 N–H and O–H groups in total. The highest BCUT2D eigenvalue weighted by atomic mass is 16.5. The Morgan fingerprint density at radius 2 is 1.81 bits per heavy atom. The molecule has 0 aliphatic heterocycles. The summed E-state index contributed by atoms with van der Waals surface area (Å²) in [6.07, 6.45) is -0.00175. The minimum absolute atomic E-state index is 0.00175. The van der Waals surface area contributed by atoms with Crippen LogP contribution in [0.25, 0.3) is 0 Å². The number of hydrogen-bond acceptors (Lipinski definition) is 3. The maximum Gasteiger partial charge on any atom is 0.191 e. The molecule has 2 unspecified atom stereocenters. The van der Waals surface area contributed by atoms with Gasteiger partial charge >= 0.3 is 0 Å². The zero-order chi connectivity index (χ0) is 18.8. The van der Waals surface area contributed by atoms with Crippen molar-refractivity contribution in [3.05, 3.63) is 65.7 Å². The third-order valence-corrected chi connectivity index (χ3v) is 4.11. The van der Waals surface area contributed by atoms with E-state index in [1.807, 2.05) is 68.4 Å². The van der Waals surface area contributed by atoms with E-state index in [-0.39, 0.29) is 18.6 Å². The number of rotatable bonds is 8. The number of aliphatic hydroxyl groups excluding tert-OH is 1. The minimum atomic E-state index is -0.00175. The normalized spacial score (nSPS) is 13.8. The van der Waals surface area contributed by atoms with E-state index in [1.54, 1.807) is 7.05 Å². The van der Waals surface area contributed by atoms with Gasteiger partial charge in [-0.05, 0) is 37.1 Å². The number of guanidine groups is 1. The van der Waals surface area contributed by atoms with Crippen molar-refractivity contribution in [3.63, 3.8) is 0 Å². The van der Waals surface area contributed by atoms with Gasteiger partial charge in [0.2, 0.25) is 0 Å². The van der Waals surface area contributed by atoms with Gasteiger partial charge in [-0.15, -0.1) is 0 Å². The molecule has 2 aromatic rings. The Labute approximate surface area is 156 Å². The molecule has 140 valence electrons. The third-order valence-electron chi connectivity index (χ3n) is 4.11. The summed E-state index contributed by atoms with van der Waals surface area (Å²) in [7, 11) is 1.73. The molecule has 0 saturated carbocycles. The van der Waals surface area contributed by atoms with Crippen LogP contribution in [0, 0.1) is 6.92 Å². The van der Waals surface area contributed by atoms with E-state index in [4.69, 9.17) is 4.74 Å². The van der Waals surface area contributed by atoms with Gasteiger partial charge in [0.05, 0.1) is 13.2 Å². The molecule has 0 bridgehead atoms. The van der Waals surface area contributed by atoms with E-state index < -0.39 is 0 Å². The summed E-state index contributed by atoms with van der Waals surface area (Å²) in [4.78, 5) is 4.24. The SMILES string of the molecule is CN=C(NCC(C)Oc1cccc(C)c1)NCC(CO)c1ccccc1. The van der Waals surface area contributed by atoms with Crippen LogP contribution < -0.4 is 15.4 Å². The van der Waals surface area contributed by atoms with Crippen molar-refractivity contribution in [3.8, 4) is 5.75 Å². The second-order valence-electron chi connectivity index (χ2n) is 6.37. The minimum Gasteiger partial charge on any atom is -0.489 e. The van der Waals surface area contributed by atoms with E-state index in [0.29, 0.717) is 19.0 Å². The number of ether oxygens (including phenoxy) is 1. The molecular weight excluding hydrogens is 326 g/mol. The molecule has 2 atom stereocenters. The first kappa shape index (κ1) is 19.8. The van der Waals surface area contributed by atoms with E-state index in [1.165, 1.54) is 5.56 Å². The lowest BCUT2D eigenvalue weighted by atomic mass is 10.0. The first-order valence-electron chi connectivity index (χ1n) is 8.96. The molecule has 0 heterocycles. The standard InChI is InChI=1S/C21H29N3O2/c1-16-8-7-11-20(12-16)26-17(2)13-23-21(22-3)24-14-19(15-25)18-9-5-4-6-10-18/h4-12,17,19,25H,13-15H2,1-3H3,(H2,22,23,24). The lowest BCUT2D eigenvalue weighted by Gasteiger charge is -2.20. The van der Waals surface area contributed by atoms with Gasteiger partial charge < -0.3 is 20.5 Å². The Morgan fingerprint density at radius 1 is 1.08 bits per heavy atom. The second kappa shape index (κ2) is 10.5. The van der Waals surface area contributed by atoms with Crippen LogP contribution in [0.2, 0.25) is 0 Å². The predicted octanol–water partition coefficient (Wildman–Crippen LogP) is 2.70.